The molecule has 7 nitrogen and oxygen atoms in total. The van der Waals surface area contributed by atoms with Crippen molar-refractivity contribution in [2.24, 2.45) is 0 Å². The van der Waals surface area contributed by atoms with Gasteiger partial charge in [0, 0.05) is 36.8 Å². The number of aryl methyl sites for hydroxylation is 1. The van der Waals surface area contributed by atoms with Crippen molar-refractivity contribution in [1.82, 2.24) is 24.8 Å². The minimum absolute atomic E-state index is 0.114. The second kappa shape index (κ2) is 10.8. The van der Waals surface area contributed by atoms with E-state index in [9.17, 15) is 4.39 Å². The summed E-state index contributed by atoms with van der Waals surface area (Å²) in [6.07, 6.45) is 7.19. The molecular formula is C33H38FIN6O. The smallest absolute Gasteiger partial charge is 0.319 e. The van der Waals surface area contributed by atoms with Gasteiger partial charge in [0.2, 0.25) is 0 Å². The molecule has 2 aromatic carbocycles. The molecule has 0 unspecified atom stereocenters. The Hall–Kier alpha value is -2.63. The van der Waals surface area contributed by atoms with E-state index in [-0.39, 0.29) is 11.1 Å². The van der Waals surface area contributed by atoms with Gasteiger partial charge in [-0.3, -0.25) is 9.88 Å². The lowest BCUT2D eigenvalue weighted by Crippen LogP contribution is -2.54. The van der Waals surface area contributed by atoms with Gasteiger partial charge in [0.15, 0.2) is 0 Å². The maximum absolute atomic E-state index is 14.5. The molecule has 0 amide bonds. The molecule has 2 aromatic heterocycles. The standard InChI is InChI=1S/C33H38FIN6O/c1-21-8-4-9-22-10-5-11-24(26(21)22)28-27(35)29-25(17-36-28)30(37-19-32(40(2)3)12-6-13-32)39-31(38-29)42-20-33-14-7-15-41(33)18-23(34)16-33/h4-5,8-11,17,23H,6-7,12-16,18-20H2,1-3H3,(H,37,38,39)/t23-,33+/m1/s1. The van der Waals surface area contributed by atoms with E-state index in [2.05, 4.69) is 95.1 Å². The SMILES string of the molecule is Cc1cccc2cccc(-c3ncc4c(NCC5(N(C)C)CCC5)nc(OC[C@@]56CCCN5C[C@H](F)C6)nc4c3I)c12. The lowest BCUT2D eigenvalue weighted by atomic mass is 9.75. The molecule has 2 atom stereocenters. The van der Waals surface area contributed by atoms with E-state index in [1.165, 1.54) is 22.8 Å². The number of pyridine rings is 1. The van der Waals surface area contributed by atoms with Crippen LogP contribution < -0.4 is 10.1 Å². The number of ether oxygens (including phenoxy) is 1. The summed E-state index contributed by atoms with van der Waals surface area (Å²) in [7, 11) is 4.31. The van der Waals surface area contributed by atoms with Gasteiger partial charge in [-0.05, 0) is 98.6 Å². The summed E-state index contributed by atoms with van der Waals surface area (Å²) in [6.45, 7) is 4.76. The van der Waals surface area contributed by atoms with Crippen LogP contribution in [0.5, 0.6) is 6.01 Å². The number of halogens is 2. The Labute approximate surface area is 260 Å². The molecule has 9 heteroatoms. The highest BCUT2D eigenvalue weighted by molar-refractivity contribution is 14.1. The first kappa shape index (κ1) is 28.2. The van der Waals surface area contributed by atoms with Crippen LogP contribution in [0.4, 0.5) is 10.2 Å². The lowest BCUT2D eigenvalue weighted by Gasteiger charge is -2.47. The molecule has 0 radical (unpaired) electrons. The molecule has 0 spiro atoms. The number of alkyl halides is 1. The van der Waals surface area contributed by atoms with E-state index in [0.29, 0.717) is 25.6 Å². The van der Waals surface area contributed by atoms with Crippen molar-refractivity contribution >= 4 is 50.1 Å². The molecule has 0 bridgehead atoms. The summed E-state index contributed by atoms with van der Waals surface area (Å²) < 4.78 is 21.8. The van der Waals surface area contributed by atoms with Gasteiger partial charge in [0.1, 0.15) is 18.6 Å². The molecule has 3 aliphatic rings. The van der Waals surface area contributed by atoms with Crippen LogP contribution in [0.25, 0.3) is 32.9 Å². The summed E-state index contributed by atoms with van der Waals surface area (Å²) >= 11 is 2.38. The molecule has 4 aromatic rings. The number of likely N-dealkylation sites (N-methyl/N-ethyl adjacent to an activating group) is 1. The quantitative estimate of drug-likeness (QED) is 0.210. The van der Waals surface area contributed by atoms with Crippen molar-refractivity contribution in [2.45, 2.75) is 62.7 Å². The Balaban J connectivity index is 1.30. The average Bonchev–Trinajstić information content (AvgIpc) is 3.47. The Morgan fingerprint density at radius 1 is 1.12 bits per heavy atom. The summed E-state index contributed by atoms with van der Waals surface area (Å²) in [5.41, 5.74) is 3.88. The fraction of sp³-hybridized carbons (Fsp3) is 0.485. The fourth-order valence-corrected chi connectivity index (χ4v) is 8.25. The molecule has 1 N–H and O–H groups in total. The maximum atomic E-state index is 14.5. The third-order valence-electron chi connectivity index (χ3n) is 10.1. The highest BCUT2D eigenvalue weighted by Crippen LogP contribution is 2.42. The van der Waals surface area contributed by atoms with Crippen LogP contribution in [-0.4, -0.2) is 82.3 Å². The molecule has 220 valence electrons. The predicted molar refractivity (Wildman–Crippen MR) is 175 cm³/mol. The minimum Gasteiger partial charge on any atom is -0.461 e. The minimum atomic E-state index is -0.799. The van der Waals surface area contributed by atoms with Gasteiger partial charge in [-0.2, -0.15) is 9.97 Å². The van der Waals surface area contributed by atoms with Gasteiger partial charge in [-0.25, -0.2) is 4.39 Å². The molecule has 1 aliphatic carbocycles. The number of benzene rings is 2. The molecule has 2 saturated heterocycles. The van der Waals surface area contributed by atoms with Gasteiger partial charge < -0.3 is 15.0 Å². The Bertz CT molecular complexity index is 1650. The average molecular weight is 681 g/mol. The molecule has 4 heterocycles. The monoisotopic (exact) mass is 680 g/mol. The Morgan fingerprint density at radius 3 is 2.69 bits per heavy atom. The summed E-state index contributed by atoms with van der Waals surface area (Å²) in [5.74, 6) is 0.741. The van der Waals surface area contributed by atoms with Gasteiger partial charge in [-0.1, -0.05) is 36.4 Å². The number of hydrogen-bond acceptors (Lipinski definition) is 7. The fourth-order valence-electron chi connectivity index (χ4n) is 7.41. The van der Waals surface area contributed by atoms with Gasteiger partial charge >= 0.3 is 6.01 Å². The number of aromatic nitrogens is 3. The van der Waals surface area contributed by atoms with Crippen molar-refractivity contribution in [2.75, 3.05) is 45.7 Å². The first-order valence-electron chi connectivity index (χ1n) is 15.1. The summed E-state index contributed by atoms with van der Waals surface area (Å²) in [6, 6.07) is 13.1. The normalized spacial score (nSPS) is 23.4. The number of anilines is 1. The van der Waals surface area contributed by atoms with E-state index in [1.807, 2.05) is 6.20 Å². The number of nitrogens with zero attached hydrogens (tertiary/aromatic N) is 5. The summed E-state index contributed by atoms with van der Waals surface area (Å²) in [4.78, 5) is 19.5. The number of fused-ring (bicyclic) bond motifs is 3. The van der Waals surface area contributed by atoms with E-state index < -0.39 is 6.17 Å². The van der Waals surface area contributed by atoms with Crippen LogP contribution in [-0.2, 0) is 0 Å². The van der Waals surface area contributed by atoms with Crippen molar-refractivity contribution < 1.29 is 9.13 Å². The van der Waals surface area contributed by atoms with Crippen LogP contribution in [0.3, 0.4) is 0 Å². The van der Waals surface area contributed by atoms with Gasteiger partial charge in [0.25, 0.3) is 0 Å². The zero-order valence-corrected chi connectivity index (χ0v) is 26.7. The first-order chi connectivity index (χ1) is 20.3. The van der Waals surface area contributed by atoms with Crippen molar-refractivity contribution in [3.05, 3.63) is 51.7 Å². The molecule has 1 saturated carbocycles. The predicted octanol–water partition coefficient (Wildman–Crippen LogP) is 6.61. The van der Waals surface area contributed by atoms with E-state index in [0.717, 1.165) is 70.3 Å². The van der Waals surface area contributed by atoms with E-state index in [1.54, 1.807) is 0 Å². The maximum Gasteiger partial charge on any atom is 0.319 e. The first-order valence-corrected chi connectivity index (χ1v) is 16.1. The summed E-state index contributed by atoms with van der Waals surface area (Å²) in [5, 5.41) is 6.95. The Kier molecular flexibility index (Phi) is 7.25. The molecule has 7 rings (SSSR count). The van der Waals surface area contributed by atoms with Crippen LogP contribution in [0.15, 0.2) is 42.6 Å². The number of nitrogens with one attached hydrogen (secondary N) is 1. The van der Waals surface area contributed by atoms with Gasteiger partial charge in [0.05, 0.1) is 25.7 Å². The second-order valence-corrected chi connectivity index (χ2v) is 13.8. The highest BCUT2D eigenvalue weighted by atomic mass is 127. The second-order valence-electron chi connectivity index (χ2n) is 12.7. The van der Waals surface area contributed by atoms with Crippen LogP contribution in [0.1, 0.15) is 44.1 Å². The van der Waals surface area contributed by atoms with Gasteiger partial charge in [-0.15, -0.1) is 0 Å². The zero-order chi connectivity index (χ0) is 29.1. The topological polar surface area (TPSA) is 66.4 Å². The highest BCUT2D eigenvalue weighted by Gasteiger charge is 2.49. The molecule has 3 fully saturated rings. The van der Waals surface area contributed by atoms with Crippen LogP contribution in [0, 0.1) is 10.5 Å². The largest absolute Gasteiger partial charge is 0.461 e. The molecular weight excluding hydrogens is 642 g/mol. The number of rotatable bonds is 8. The van der Waals surface area contributed by atoms with E-state index >= 15 is 0 Å². The lowest BCUT2D eigenvalue weighted by molar-refractivity contribution is 0.0738. The van der Waals surface area contributed by atoms with Crippen molar-refractivity contribution in [3.8, 4) is 17.3 Å². The Morgan fingerprint density at radius 2 is 1.93 bits per heavy atom. The van der Waals surface area contributed by atoms with Crippen molar-refractivity contribution in [1.29, 1.82) is 0 Å². The van der Waals surface area contributed by atoms with E-state index in [4.69, 9.17) is 19.7 Å². The third kappa shape index (κ3) is 4.72. The molecule has 42 heavy (non-hydrogen) atoms. The third-order valence-corrected chi connectivity index (χ3v) is 11.1. The van der Waals surface area contributed by atoms with Crippen LogP contribution in [0.2, 0.25) is 0 Å². The molecule has 2 aliphatic heterocycles. The number of hydrogen-bond donors (Lipinski definition) is 1. The zero-order valence-electron chi connectivity index (χ0n) is 24.6. The van der Waals surface area contributed by atoms with Crippen LogP contribution >= 0.6 is 22.6 Å². The van der Waals surface area contributed by atoms with Crippen molar-refractivity contribution in [3.63, 3.8) is 0 Å².